The van der Waals surface area contributed by atoms with E-state index in [4.69, 9.17) is 11.6 Å². The molecule has 0 unspecified atom stereocenters. The Morgan fingerprint density at radius 3 is 2.25 bits per heavy atom. The van der Waals surface area contributed by atoms with Gasteiger partial charge in [-0.15, -0.1) is 0 Å². The van der Waals surface area contributed by atoms with E-state index in [2.05, 4.69) is 26.1 Å². The van der Waals surface area contributed by atoms with Crippen LogP contribution in [0.15, 0.2) is 24.3 Å². The molecular weight excluding hydrogens is 270 g/mol. The van der Waals surface area contributed by atoms with Gasteiger partial charge in [0.15, 0.2) is 5.78 Å². The number of nitrogens with one attached hydrogen (secondary N) is 1. The van der Waals surface area contributed by atoms with Crippen LogP contribution in [0, 0.1) is 5.41 Å². The molecule has 0 fully saturated rings. The zero-order chi connectivity index (χ0) is 15.6. The van der Waals surface area contributed by atoms with Gasteiger partial charge < -0.3 is 5.32 Å². The van der Waals surface area contributed by atoms with Crippen LogP contribution in [-0.2, 0) is 11.2 Å². The summed E-state index contributed by atoms with van der Waals surface area (Å²) >= 11 is 6.03. The monoisotopic (exact) mass is 295 g/mol. The first-order chi connectivity index (χ1) is 8.99. The summed E-state index contributed by atoms with van der Waals surface area (Å²) in [4.78, 5) is 12.6. The predicted octanol–water partition coefficient (Wildman–Crippen LogP) is 4.25. The van der Waals surface area contributed by atoms with Crippen molar-refractivity contribution in [1.82, 2.24) is 5.32 Å². The van der Waals surface area contributed by atoms with E-state index in [1.54, 1.807) is 0 Å². The summed E-state index contributed by atoms with van der Waals surface area (Å²) in [7, 11) is 0. The van der Waals surface area contributed by atoms with Crippen LogP contribution in [-0.4, -0.2) is 17.4 Å². The van der Waals surface area contributed by atoms with Crippen LogP contribution in [0.25, 0.3) is 0 Å². The molecule has 1 aromatic rings. The molecule has 0 saturated carbocycles. The fourth-order valence-electron chi connectivity index (χ4n) is 2.15. The topological polar surface area (TPSA) is 29.1 Å². The van der Waals surface area contributed by atoms with E-state index in [0.29, 0.717) is 11.4 Å². The van der Waals surface area contributed by atoms with Gasteiger partial charge in [-0.2, -0.15) is 0 Å². The molecule has 20 heavy (non-hydrogen) atoms. The highest BCUT2D eigenvalue weighted by Crippen LogP contribution is 2.21. The highest BCUT2D eigenvalue weighted by Gasteiger charge is 2.31. The molecule has 1 rings (SSSR count). The Kier molecular flexibility index (Phi) is 5.39. The molecule has 0 saturated heterocycles. The number of rotatable bonds is 4. The molecule has 0 radical (unpaired) electrons. The Labute approximate surface area is 127 Å². The minimum absolute atomic E-state index is 0.107. The van der Waals surface area contributed by atoms with Crippen LogP contribution in [0.4, 0.5) is 0 Å². The largest absolute Gasteiger partial charge is 0.302 e. The molecule has 0 bridgehead atoms. The van der Waals surface area contributed by atoms with E-state index >= 15 is 0 Å². The summed E-state index contributed by atoms with van der Waals surface area (Å²) in [6.45, 7) is 12.1. The van der Waals surface area contributed by atoms with Crippen molar-refractivity contribution in [1.29, 1.82) is 0 Å². The van der Waals surface area contributed by atoms with Crippen molar-refractivity contribution in [3.8, 4) is 0 Å². The molecule has 3 heteroatoms. The van der Waals surface area contributed by atoms with Crippen molar-refractivity contribution >= 4 is 17.4 Å². The number of ketones is 1. The Morgan fingerprint density at radius 1 is 1.20 bits per heavy atom. The third kappa shape index (κ3) is 5.64. The third-order valence-corrected chi connectivity index (χ3v) is 3.23. The van der Waals surface area contributed by atoms with Crippen molar-refractivity contribution in [2.24, 2.45) is 5.41 Å². The summed E-state index contributed by atoms with van der Waals surface area (Å²) in [6.07, 6.45) is 0.661. The first kappa shape index (κ1) is 17.2. The highest BCUT2D eigenvalue weighted by atomic mass is 35.5. The Morgan fingerprint density at radius 2 is 1.80 bits per heavy atom. The molecule has 1 aromatic carbocycles. The molecule has 0 aliphatic carbocycles. The maximum atomic E-state index is 12.6. The van der Waals surface area contributed by atoms with Gasteiger partial charge in [0, 0.05) is 16.0 Å². The number of carbonyl (C=O) groups excluding carboxylic acids is 1. The number of hydrogen-bond donors (Lipinski definition) is 1. The lowest BCUT2D eigenvalue weighted by atomic mass is 9.83. The van der Waals surface area contributed by atoms with Crippen LogP contribution in [0.1, 0.15) is 47.1 Å². The molecule has 0 aromatic heterocycles. The first-order valence-electron chi connectivity index (χ1n) is 7.05. The molecule has 0 aliphatic rings. The molecule has 1 N–H and O–H groups in total. The lowest BCUT2D eigenvalue weighted by Gasteiger charge is -2.32. The molecule has 0 amide bonds. The Balaban J connectivity index is 2.97. The van der Waals surface area contributed by atoms with Gasteiger partial charge in [-0.3, -0.25) is 4.79 Å². The van der Waals surface area contributed by atoms with Crippen molar-refractivity contribution < 1.29 is 4.79 Å². The summed E-state index contributed by atoms with van der Waals surface area (Å²) in [5, 5.41) is 4.15. The summed E-state index contributed by atoms with van der Waals surface area (Å²) in [5.74, 6) is 0.229. The van der Waals surface area contributed by atoms with Gasteiger partial charge >= 0.3 is 0 Å². The average molecular weight is 296 g/mol. The maximum Gasteiger partial charge on any atom is 0.155 e. The minimum Gasteiger partial charge on any atom is -0.302 e. The first-order valence-corrected chi connectivity index (χ1v) is 7.43. The second-order valence-corrected chi connectivity index (χ2v) is 7.83. The van der Waals surface area contributed by atoms with Gasteiger partial charge in [0.25, 0.3) is 0 Å². The molecule has 2 nitrogen and oxygen atoms in total. The van der Waals surface area contributed by atoms with Crippen molar-refractivity contribution in [2.45, 2.75) is 59.5 Å². The average Bonchev–Trinajstić information content (AvgIpc) is 2.24. The second kappa shape index (κ2) is 6.28. The van der Waals surface area contributed by atoms with Gasteiger partial charge in [-0.05, 0) is 44.9 Å². The van der Waals surface area contributed by atoms with Gasteiger partial charge in [0.1, 0.15) is 0 Å². The number of Topliss-reactive ketones (excluding diaryl/α,β-unsaturated/α-hetero) is 1. The van der Waals surface area contributed by atoms with E-state index in [1.807, 2.05) is 45.0 Å². The number of halogens is 1. The van der Waals surface area contributed by atoms with Gasteiger partial charge in [0.2, 0.25) is 0 Å². The predicted molar refractivity (Wildman–Crippen MR) is 86.3 cm³/mol. The van der Waals surface area contributed by atoms with E-state index < -0.39 is 0 Å². The minimum atomic E-state index is -0.360. The van der Waals surface area contributed by atoms with Crippen LogP contribution in [0.5, 0.6) is 0 Å². The molecule has 0 heterocycles. The van der Waals surface area contributed by atoms with E-state index in [-0.39, 0.29) is 22.8 Å². The third-order valence-electron chi connectivity index (χ3n) is 2.99. The highest BCUT2D eigenvalue weighted by molar-refractivity contribution is 6.30. The normalized spacial score (nSPS) is 14.2. The van der Waals surface area contributed by atoms with Gasteiger partial charge in [-0.1, -0.05) is 44.5 Å². The number of benzene rings is 1. The SMILES string of the molecule is CC(C)(C)N[C@H](Cc1cccc(Cl)c1)C(=O)C(C)(C)C. The molecule has 0 aliphatic heterocycles. The summed E-state index contributed by atoms with van der Waals surface area (Å²) in [5.41, 5.74) is 0.614. The quantitative estimate of drug-likeness (QED) is 0.899. The van der Waals surface area contributed by atoms with Crippen molar-refractivity contribution in [3.63, 3.8) is 0 Å². The fourth-order valence-corrected chi connectivity index (χ4v) is 2.37. The number of carbonyl (C=O) groups is 1. The molecule has 1 atom stereocenters. The smallest absolute Gasteiger partial charge is 0.155 e. The van der Waals surface area contributed by atoms with E-state index in [1.165, 1.54) is 0 Å². The zero-order valence-corrected chi connectivity index (χ0v) is 14.1. The number of hydrogen-bond acceptors (Lipinski definition) is 2. The van der Waals surface area contributed by atoms with Crippen LogP contribution in [0.3, 0.4) is 0 Å². The maximum absolute atomic E-state index is 12.6. The summed E-state index contributed by atoms with van der Waals surface area (Å²) < 4.78 is 0. The molecule has 112 valence electrons. The van der Waals surface area contributed by atoms with Crippen molar-refractivity contribution in [2.75, 3.05) is 0 Å². The van der Waals surface area contributed by atoms with Crippen LogP contribution >= 0.6 is 11.6 Å². The fraction of sp³-hybridized carbons (Fsp3) is 0.588. The Hall–Kier alpha value is -0.860. The van der Waals surface area contributed by atoms with E-state index in [9.17, 15) is 4.79 Å². The van der Waals surface area contributed by atoms with Gasteiger partial charge in [-0.25, -0.2) is 0 Å². The lowest BCUT2D eigenvalue weighted by molar-refractivity contribution is -0.128. The van der Waals surface area contributed by atoms with E-state index in [0.717, 1.165) is 5.56 Å². The molecular formula is C17H26ClNO. The van der Waals surface area contributed by atoms with Crippen LogP contribution in [0.2, 0.25) is 5.02 Å². The van der Waals surface area contributed by atoms with Crippen molar-refractivity contribution in [3.05, 3.63) is 34.9 Å². The lowest BCUT2D eigenvalue weighted by Crippen LogP contribution is -2.51. The molecule has 0 spiro atoms. The zero-order valence-electron chi connectivity index (χ0n) is 13.4. The van der Waals surface area contributed by atoms with Crippen LogP contribution < -0.4 is 5.32 Å². The Bertz CT molecular complexity index is 469. The summed E-state index contributed by atoms with van der Waals surface area (Å²) in [6, 6.07) is 7.51. The second-order valence-electron chi connectivity index (χ2n) is 7.40. The standard InChI is InChI=1S/C17H26ClNO/c1-16(2,3)15(20)14(19-17(4,5)6)11-12-8-7-9-13(18)10-12/h7-10,14,19H,11H2,1-6H3/t14-/m1/s1. The van der Waals surface area contributed by atoms with Gasteiger partial charge in [0.05, 0.1) is 6.04 Å².